The summed E-state index contributed by atoms with van der Waals surface area (Å²) in [4.78, 5) is 29.0. The number of fused-ring (bicyclic) bond motifs is 1. The number of carbonyl (C=O) groups excluding carboxylic acids is 1. The number of amides is 1. The Morgan fingerprint density at radius 1 is 1.08 bits per heavy atom. The molecule has 1 aromatic carbocycles. The van der Waals surface area contributed by atoms with E-state index in [1.165, 1.54) is 0 Å². The van der Waals surface area contributed by atoms with E-state index in [0.717, 1.165) is 23.0 Å². The highest BCUT2D eigenvalue weighted by molar-refractivity contribution is 5.78. The molecule has 1 amide bonds. The number of carbonyl (C=O) groups is 1. The number of hydrogen-bond donors (Lipinski definition) is 1. The molecule has 0 aliphatic rings. The maximum absolute atomic E-state index is 12.7. The maximum atomic E-state index is 12.7. The SMILES string of the molecule is CCCn1c(=O)n(CCC(=O)N[C@H](C)c2ccncc2)c2ccccc21. The lowest BCUT2D eigenvalue weighted by Gasteiger charge is -2.14. The van der Waals surface area contributed by atoms with Gasteiger partial charge >= 0.3 is 5.69 Å². The summed E-state index contributed by atoms with van der Waals surface area (Å²) in [5.41, 5.74) is 2.75. The van der Waals surface area contributed by atoms with Crippen molar-refractivity contribution < 1.29 is 4.79 Å². The van der Waals surface area contributed by atoms with Crippen LogP contribution in [0.4, 0.5) is 0 Å². The summed E-state index contributed by atoms with van der Waals surface area (Å²) < 4.78 is 3.48. The second-order valence-electron chi connectivity index (χ2n) is 6.39. The first-order chi connectivity index (χ1) is 12.6. The summed E-state index contributed by atoms with van der Waals surface area (Å²) in [6.07, 6.45) is 4.56. The lowest BCUT2D eigenvalue weighted by Crippen LogP contribution is -2.30. The average Bonchev–Trinajstić information content (AvgIpc) is 2.93. The molecule has 3 rings (SSSR count). The fourth-order valence-electron chi connectivity index (χ4n) is 3.19. The summed E-state index contributed by atoms with van der Waals surface area (Å²) >= 11 is 0. The van der Waals surface area contributed by atoms with Crippen molar-refractivity contribution in [2.45, 2.75) is 45.8 Å². The van der Waals surface area contributed by atoms with Crippen LogP contribution in [0, 0.1) is 0 Å². The standard InChI is InChI=1S/C20H24N4O2/c1-3-13-23-17-6-4-5-7-18(17)24(20(23)26)14-10-19(25)22-15(2)16-8-11-21-12-9-16/h4-9,11-12,15H,3,10,13-14H2,1-2H3,(H,22,25)/t15-/m1/s1. The Balaban J connectivity index is 1.72. The molecule has 6 nitrogen and oxygen atoms in total. The predicted octanol–water partition coefficient (Wildman–Crippen LogP) is 2.88. The van der Waals surface area contributed by atoms with Gasteiger partial charge in [-0.15, -0.1) is 0 Å². The number of nitrogens with one attached hydrogen (secondary N) is 1. The number of aryl methyl sites for hydroxylation is 2. The van der Waals surface area contributed by atoms with Gasteiger partial charge in [-0.3, -0.25) is 18.9 Å². The Morgan fingerprint density at radius 3 is 2.31 bits per heavy atom. The number of para-hydroxylation sites is 2. The fourth-order valence-corrected chi connectivity index (χ4v) is 3.19. The molecule has 0 aliphatic heterocycles. The van der Waals surface area contributed by atoms with E-state index in [1.807, 2.05) is 50.2 Å². The molecule has 0 spiro atoms. The lowest BCUT2D eigenvalue weighted by atomic mass is 10.1. The van der Waals surface area contributed by atoms with Crippen molar-refractivity contribution in [1.29, 1.82) is 0 Å². The number of nitrogens with zero attached hydrogens (tertiary/aromatic N) is 3. The van der Waals surface area contributed by atoms with Crippen molar-refractivity contribution in [3.8, 4) is 0 Å². The van der Waals surface area contributed by atoms with Crippen LogP contribution in [0.25, 0.3) is 11.0 Å². The van der Waals surface area contributed by atoms with Gasteiger partial charge in [0.1, 0.15) is 0 Å². The van der Waals surface area contributed by atoms with Crippen molar-refractivity contribution in [3.63, 3.8) is 0 Å². The van der Waals surface area contributed by atoms with Gasteiger partial charge in [0.2, 0.25) is 5.91 Å². The molecule has 136 valence electrons. The molecule has 3 aromatic rings. The van der Waals surface area contributed by atoms with Crippen molar-refractivity contribution in [3.05, 3.63) is 64.8 Å². The van der Waals surface area contributed by atoms with Gasteiger partial charge < -0.3 is 5.32 Å². The molecule has 0 radical (unpaired) electrons. The van der Waals surface area contributed by atoms with E-state index in [1.54, 1.807) is 21.5 Å². The highest BCUT2D eigenvalue weighted by atomic mass is 16.2. The Morgan fingerprint density at radius 2 is 1.69 bits per heavy atom. The highest BCUT2D eigenvalue weighted by Gasteiger charge is 2.14. The summed E-state index contributed by atoms with van der Waals surface area (Å²) in [5, 5.41) is 2.98. The molecule has 0 saturated heterocycles. The summed E-state index contributed by atoms with van der Waals surface area (Å²) in [6, 6.07) is 11.4. The minimum atomic E-state index is -0.0938. The second kappa shape index (κ2) is 7.99. The minimum Gasteiger partial charge on any atom is -0.350 e. The zero-order chi connectivity index (χ0) is 18.5. The van der Waals surface area contributed by atoms with Crippen LogP contribution in [0.3, 0.4) is 0 Å². The van der Waals surface area contributed by atoms with Gasteiger partial charge in [-0.05, 0) is 43.2 Å². The van der Waals surface area contributed by atoms with E-state index in [-0.39, 0.29) is 24.1 Å². The Bertz CT molecular complexity index is 943. The van der Waals surface area contributed by atoms with Crippen molar-refractivity contribution in [2.24, 2.45) is 0 Å². The van der Waals surface area contributed by atoms with Crippen molar-refractivity contribution in [2.75, 3.05) is 0 Å². The molecular weight excluding hydrogens is 328 g/mol. The lowest BCUT2D eigenvalue weighted by molar-refractivity contribution is -0.121. The number of hydrogen-bond acceptors (Lipinski definition) is 3. The third-order valence-corrected chi connectivity index (χ3v) is 4.52. The van der Waals surface area contributed by atoms with Gasteiger partial charge in [0.05, 0.1) is 17.1 Å². The van der Waals surface area contributed by atoms with Crippen molar-refractivity contribution in [1.82, 2.24) is 19.4 Å². The van der Waals surface area contributed by atoms with Crippen LogP contribution in [0.5, 0.6) is 0 Å². The second-order valence-corrected chi connectivity index (χ2v) is 6.39. The van der Waals surface area contributed by atoms with Gasteiger partial charge in [-0.1, -0.05) is 19.1 Å². The Labute approximate surface area is 152 Å². The number of benzene rings is 1. The van der Waals surface area contributed by atoms with E-state index >= 15 is 0 Å². The predicted molar refractivity (Wildman–Crippen MR) is 102 cm³/mol. The zero-order valence-electron chi connectivity index (χ0n) is 15.2. The van der Waals surface area contributed by atoms with Crippen LogP contribution < -0.4 is 11.0 Å². The number of imidazole rings is 1. The molecule has 6 heteroatoms. The smallest absolute Gasteiger partial charge is 0.329 e. The van der Waals surface area contributed by atoms with Gasteiger partial charge in [0, 0.05) is 31.9 Å². The summed E-state index contributed by atoms with van der Waals surface area (Å²) in [5.74, 6) is -0.0754. The first-order valence-electron chi connectivity index (χ1n) is 8.99. The highest BCUT2D eigenvalue weighted by Crippen LogP contribution is 2.14. The van der Waals surface area contributed by atoms with Crippen LogP contribution in [-0.2, 0) is 17.9 Å². The molecule has 0 bridgehead atoms. The fraction of sp³-hybridized carbons (Fsp3) is 0.350. The number of pyridine rings is 1. The van der Waals surface area contributed by atoms with Crippen LogP contribution in [0.1, 0.15) is 38.3 Å². The first-order valence-corrected chi connectivity index (χ1v) is 8.99. The van der Waals surface area contributed by atoms with Gasteiger partial charge in [0.15, 0.2) is 0 Å². The molecule has 2 aromatic heterocycles. The Kier molecular flexibility index (Phi) is 5.51. The van der Waals surface area contributed by atoms with Crippen LogP contribution in [0.15, 0.2) is 53.6 Å². The topological polar surface area (TPSA) is 68.9 Å². The molecule has 1 atom stereocenters. The third kappa shape index (κ3) is 3.69. The molecular formula is C20H24N4O2. The van der Waals surface area contributed by atoms with E-state index in [4.69, 9.17) is 0 Å². The molecule has 0 unspecified atom stereocenters. The maximum Gasteiger partial charge on any atom is 0.329 e. The van der Waals surface area contributed by atoms with E-state index in [0.29, 0.717) is 13.1 Å². The largest absolute Gasteiger partial charge is 0.350 e. The zero-order valence-corrected chi connectivity index (χ0v) is 15.2. The quantitative estimate of drug-likeness (QED) is 0.711. The minimum absolute atomic E-state index is 0.0527. The van der Waals surface area contributed by atoms with Gasteiger partial charge in [0.25, 0.3) is 0 Å². The molecule has 26 heavy (non-hydrogen) atoms. The van der Waals surface area contributed by atoms with E-state index in [9.17, 15) is 9.59 Å². The summed E-state index contributed by atoms with van der Waals surface area (Å²) in [6.45, 7) is 5.03. The number of rotatable bonds is 7. The molecule has 0 aliphatic carbocycles. The van der Waals surface area contributed by atoms with Crippen LogP contribution in [0.2, 0.25) is 0 Å². The number of aromatic nitrogens is 3. The molecule has 1 N–H and O–H groups in total. The Hall–Kier alpha value is -2.89. The van der Waals surface area contributed by atoms with Gasteiger partial charge in [-0.25, -0.2) is 4.79 Å². The molecule has 2 heterocycles. The normalized spacial score (nSPS) is 12.2. The monoisotopic (exact) mass is 352 g/mol. The molecule has 0 saturated carbocycles. The van der Waals surface area contributed by atoms with E-state index in [2.05, 4.69) is 10.3 Å². The third-order valence-electron chi connectivity index (χ3n) is 4.52. The van der Waals surface area contributed by atoms with Crippen LogP contribution in [-0.4, -0.2) is 20.0 Å². The first kappa shape index (κ1) is 17.9. The van der Waals surface area contributed by atoms with Crippen LogP contribution >= 0.6 is 0 Å². The average molecular weight is 352 g/mol. The molecule has 0 fully saturated rings. The van der Waals surface area contributed by atoms with Gasteiger partial charge in [-0.2, -0.15) is 0 Å². The van der Waals surface area contributed by atoms with Crippen molar-refractivity contribution >= 4 is 16.9 Å². The summed E-state index contributed by atoms with van der Waals surface area (Å²) in [7, 11) is 0. The van der Waals surface area contributed by atoms with E-state index < -0.39 is 0 Å².